The molecular formula is C30H25F2N3O4S2. The largest absolute Gasteiger partial charge is 0.507 e. The molecule has 11 heteroatoms. The molecule has 7 nitrogen and oxygen atoms in total. The van der Waals surface area contributed by atoms with Gasteiger partial charge in [-0.05, 0) is 60.0 Å². The van der Waals surface area contributed by atoms with Gasteiger partial charge in [0, 0.05) is 11.3 Å². The Balaban J connectivity index is 1.49. The SMILES string of the molecule is CCCCOc1ccc(/C(O)=C2/C(=O)C(=O)N(c3nnc(SCc4ccccc4F)s3)C2c2cccc(F)c2)cc1. The topological polar surface area (TPSA) is 92.6 Å². The van der Waals surface area contributed by atoms with E-state index in [2.05, 4.69) is 17.1 Å². The highest BCUT2D eigenvalue weighted by atomic mass is 32.2. The first-order valence-corrected chi connectivity index (χ1v) is 14.7. The summed E-state index contributed by atoms with van der Waals surface area (Å²) in [6.07, 6.45) is 1.88. The number of anilines is 1. The highest BCUT2D eigenvalue weighted by molar-refractivity contribution is 8.00. The van der Waals surface area contributed by atoms with Crippen LogP contribution in [0.2, 0.25) is 0 Å². The second-order valence-electron chi connectivity index (χ2n) is 9.18. The Bertz CT molecular complexity index is 1610. The molecule has 1 saturated heterocycles. The highest BCUT2D eigenvalue weighted by Crippen LogP contribution is 2.44. The number of thioether (sulfide) groups is 1. The smallest absolute Gasteiger partial charge is 0.301 e. The zero-order valence-electron chi connectivity index (χ0n) is 21.9. The monoisotopic (exact) mass is 593 g/mol. The first-order chi connectivity index (χ1) is 19.9. The van der Waals surface area contributed by atoms with Gasteiger partial charge in [0.1, 0.15) is 23.1 Å². The maximum absolute atomic E-state index is 14.3. The lowest BCUT2D eigenvalue weighted by Gasteiger charge is -2.22. The first kappa shape index (κ1) is 28.4. The summed E-state index contributed by atoms with van der Waals surface area (Å²) in [5.41, 5.74) is 0.860. The molecule has 5 rings (SSSR count). The van der Waals surface area contributed by atoms with E-state index in [-0.39, 0.29) is 27.8 Å². The normalized spacial score (nSPS) is 16.4. The Morgan fingerprint density at radius 1 is 1.05 bits per heavy atom. The van der Waals surface area contributed by atoms with Gasteiger partial charge in [0.15, 0.2) is 4.34 Å². The van der Waals surface area contributed by atoms with Crippen LogP contribution in [0.3, 0.4) is 0 Å². The molecule has 41 heavy (non-hydrogen) atoms. The van der Waals surface area contributed by atoms with Crippen molar-refractivity contribution >= 4 is 45.7 Å². The molecule has 0 bridgehead atoms. The van der Waals surface area contributed by atoms with Crippen molar-refractivity contribution in [3.05, 3.63) is 107 Å². The summed E-state index contributed by atoms with van der Waals surface area (Å²) < 4.78 is 34.5. The van der Waals surface area contributed by atoms with Gasteiger partial charge in [-0.3, -0.25) is 14.5 Å². The molecule has 1 fully saturated rings. The molecule has 1 aliphatic heterocycles. The molecule has 0 spiro atoms. The van der Waals surface area contributed by atoms with Gasteiger partial charge in [-0.15, -0.1) is 10.2 Å². The predicted molar refractivity (Wildman–Crippen MR) is 154 cm³/mol. The molecule has 1 unspecified atom stereocenters. The third kappa shape index (κ3) is 6.15. The molecule has 1 aromatic heterocycles. The molecule has 3 aromatic carbocycles. The Morgan fingerprint density at radius 2 is 1.83 bits per heavy atom. The van der Waals surface area contributed by atoms with Crippen LogP contribution in [0.5, 0.6) is 5.75 Å². The number of carbonyl (C=O) groups excluding carboxylic acids is 2. The number of benzene rings is 3. The summed E-state index contributed by atoms with van der Waals surface area (Å²) in [5, 5.41) is 19.6. The van der Waals surface area contributed by atoms with Gasteiger partial charge in [-0.1, -0.05) is 66.8 Å². The third-order valence-electron chi connectivity index (χ3n) is 6.41. The fourth-order valence-electron chi connectivity index (χ4n) is 4.33. The third-order valence-corrected chi connectivity index (χ3v) is 8.52. The van der Waals surface area contributed by atoms with Crippen molar-refractivity contribution in [3.8, 4) is 5.75 Å². The average molecular weight is 594 g/mol. The van der Waals surface area contributed by atoms with Crippen LogP contribution in [0.15, 0.2) is 82.7 Å². The first-order valence-electron chi connectivity index (χ1n) is 12.9. The number of hydrogen-bond acceptors (Lipinski definition) is 8. The molecule has 4 aromatic rings. The van der Waals surface area contributed by atoms with E-state index in [9.17, 15) is 23.5 Å². The zero-order valence-corrected chi connectivity index (χ0v) is 23.6. The average Bonchev–Trinajstić information content (AvgIpc) is 3.54. The number of nitrogens with zero attached hydrogens (tertiary/aromatic N) is 3. The Kier molecular flexibility index (Phi) is 8.75. The molecule has 0 aliphatic carbocycles. The van der Waals surface area contributed by atoms with E-state index in [0.717, 1.165) is 29.1 Å². The highest BCUT2D eigenvalue weighted by Gasteiger charge is 2.48. The van der Waals surface area contributed by atoms with E-state index in [0.29, 0.717) is 27.8 Å². The zero-order chi connectivity index (χ0) is 28.9. The number of aliphatic hydroxyl groups is 1. The van der Waals surface area contributed by atoms with Crippen molar-refractivity contribution in [1.82, 2.24) is 10.2 Å². The number of hydrogen-bond donors (Lipinski definition) is 1. The number of rotatable bonds is 10. The lowest BCUT2D eigenvalue weighted by atomic mass is 9.95. The van der Waals surface area contributed by atoms with Crippen molar-refractivity contribution in [3.63, 3.8) is 0 Å². The van der Waals surface area contributed by atoms with Crippen LogP contribution in [0.1, 0.15) is 42.5 Å². The summed E-state index contributed by atoms with van der Waals surface area (Å²) in [6.45, 7) is 2.61. The number of halogens is 2. The van der Waals surface area contributed by atoms with E-state index < -0.39 is 29.3 Å². The van der Waals surface area contributed by atoms with E-state index >= 15 is 0 Å². The number of unbranched alkanes of at least 4 members (excludes halogenated alkanes) is 1. The van der Waals surface area contributed by atoms with Crippen molar-refractivity contribution in [2.45, 2.75) is 35.9 Å². The van der Waals surface area contributed by atoms with E-state index in [1.165, 1.54) is 36.0 Å². The van der Waals surface area contributed by atoms with Crippen LogP contribution >= 0.6 is 23.1 Å². The van der Waals surface area contributed by atoms with Gasteiger partial charge in [0.05, 0.1) is 18.2 Å². The van der Waals surface area contributed by atoms with Gasteiger partial charge in [0.25, 0.3) is 5.78 Å². The number of aromatic nitrogens is 2. The lowest BCUT2D eigenvalue weighted by Crippen LogP contribution is -2.29. The van der Waals surface area contributed by atoms with Gasteiger partial charge >= 0.3 is 5.91 Å². The number of carbonyl (C=O) groups is 2. The van der Waals surface area contributed by atoms with Crippen molar-refractivity contribution < 1.29 is 28.2 Å². The van der Waals surface area contributed by atoms with Crippen LogP contribution in [0.25, 0.3) is 5.76 Å². The minimum absolute atomic E-state index is 0.0936. The maximum atomic E-state index is 14.3. The van der Waals surface area contributed by atoms with Crippen molar-refractivity contribution in [2.75, 3.05) is 11.5 Å². The van der Waals surface area contributed by atoms with Crippen LogP contribution < -0.4 is 9.64 Å². The number of Topliss-reactive ketones (excluding diaryl/α,β-unsaturated/α-hetero) is 1. The van der Waals surface area contributed by atoms with Crippen LogP contribution in [0, 0.1) is 11.6 Å². The molecule has 0 radical (unpaired) electrons. The van der Waals surface area contributed by atoms with Crippen LogP contribution in [-0.4, -0.2) is 33.6 Å². The maximum Gasteiger partial charge on any atom is 0.301 e. The van der Waals surface area contributed by atoms with Crippen LogP contribution in [0.4, 0.5) is 13.9 Å². The second-order valence-corrected chi connectivity index (χ2v) is 11.4. The van der Waals surface area contributed by atoms with E-state index in [1.807, 2.05) is 0 Å². The van der Waals surface area contributed by atoms with Gasteiger partial charge in [-0.25, -0.2) is 8.78 Å². The minimum Gasteiger partial charge on any atom is -0.507 e. The molecule has 0 saturated carbocycles. The van der Waals surface area contributed by atoms with E-state index in [1.54, 1.807) is 48.5 Å². The summed E-state index contributed by atoms with van der Waals surface area (Å²) in [5.74, 6) is -2.30. The minimum atomic E-state index is -1.15. The number of ether oxygens (including phenoxy) is 1. The molecule has 1 aliphatic rings. The molecular weight excluding hydrogens is 568 g/mol. The lowest BCUT2D eigenvalue weighted by molar-refractivity contribution is -0.132. The quantitative estimate of drug-likeness (QED) is 0.0533. The van der Waals surface area contributed by atoms with Gasteiger partial charge in [-0.2, -0.15) is 0 Å². The molecule has 1 N–H and O–H groups in total. The number of aliphatic hydroxyl groups excluding tert-OH is 1. The Hall–Kier alpha value is -4.09. The Morgan fingerprint density at radius 3 is 2.56 bits per heavy atom. The Labute approximate surface area is 243 Å². The molecule has 1 atom stereocenters. The van der Waals surface area contributed by atoms with Gasteiger partial charge < -0.3 is 9.84 Å². The summed E-state index contributed by atoms with van der Waals surface area (Å²) >= 11 is 2.27. The van der Waals surface area contributed by atoms with Gasteiger partial charge in [0.2, 0.25) is 5.13 Å². The summed E-state index contributed by atoms with van der Waals surface area (Å²) in [4.78, 5) is 27.8. The summed E-state index contributed by atoms with van der Waals surface area (Å²) in [6, 6.07) is 17.2. The van der Waals surface area contributed by atoms with Crippen molar-refractivity contribution in [1.29, 1.82) is 0 Å². The second kappa shape index (κ2) is 12.6. The fraction of sp³-hybridized carbons (Fsp3) is 0.200. The van der Waals surface area contributed by atoms with Crippen molar-refractivity contribution in [2.24, 2.45) is 0 Å². The molecule has 210 valence electrons. The predicted octanol–water partition coefficient (Wildman–Crippen LogP) is 6.91. The van der Waals surface area contributed by atoms with E-state index in [4.69, 9.17) is 4.74 Å². The number of ketones is 1. The van der Waals surface area contributed by atoms with Crippen LogP contribution in [-0.2, 0) is 15.3 Å². The fourth-order valence-corrected chi connectivity index (χ4v) is 6.19. The summed E-state index contributed by atoms with van der Waals surface area (Å²) in [7, 11) is 0. The standard InChI is InChI=1S/C30H25F2N3O4S2/c1-2-3-15-39-22-13-11-18(12-14-22)26(36)24-25(19-8-6-9-21(31)16-19)35(28(38)27(24)37)29-33-34-30(41-29)40-17-20-7-4-5-10-23(20)32/h4-14,16,25,36H,2-3,15,17H2,1H3/b26-24-. The number of amides is 1. The molecule has 1 amide bonds. The molecule has 2 heterocycles.